The van der Waals surface area contributed by atoms with E-state index in [1.54, 1.807) is 12.1 Å². The second kappa shape index (κ2) is 6.52. The van der Waals surface area contributed by atoms with E-state index < -0.39 is 21.5 Å². The Kier molecular flexibility index (Phi) is 5.30. The summed E-state index contributed by atoms with van der Waals surface area (Å²) in [5.74, 6) is -0.825. The summed E-state index contributed by atoms with van der Waals surface area (Å²) in [5, 5.41) is 2.57. The topological polar surface area (TPSA) is 63.2 Å². The van der Waals surface area contributed by atoms with Crippen LogP contribution in [0.25, 0.3) is 0 Å². The van der Waals surface area contributed by atoms with E-state index in [1.165, 1.54) is 6.08 Å². The number of nitrogens with one attached hydrogen (secondary N) is 1. The molecule has 0 aromatic heterocycles. The fraction of sp³-hybridized carbons (Fsp3) is 0.357. The third kappa shape index (κ3) is 5.26. The van der Waals surface area contributed by atoms with Crippen LogP contribution in [0.3, 0.4) is 0 Å². The van der Waals surface area contributed by atoms with Crippen molar-refractivity contribution < 1.29 is 13.2 Å². The summed E-state index contributed by atoms with van der Waals surface area (Å²) in [4.78, 5) is 11.6. The van der Waals surface area contributed by atoms with Crippen molar-refractivity contribution in [3.8, 4) is 0 Å². The van der Waals surface area contributed by atoms with Gasteiger partial charge in [-0.15, -0.1) is 6.58 Å². The van der Waals surface area contributed by atoms with Gasteiger partial charge in [0.25, 0.3) is 0 Å². The smallest absolute Gasteiger partial charge is 0.239 e. The highest BCUT2D eigenvalue weighted by atomic mass is 32.2. The second-order valence-electron chi connectivity index (χ2n) is 4.67. The number of amides is 1. The Hall–Kier alpha value is -1.62. The second-order valence-corrected chi connectivity index (χ2v) is 6.78. The molecule has 1 aromatic rings. The molecule has 19 heavy (non-hydrogen) atoms. The summed E-state index contributed by atoms with van der Waals surface area (Å²) in [6.45, 7) is 7.51. The predicted molar refractivity (Wildman–Crippen MR) is 78.0 cm³/mol. The monoisotopic (exact) mass is 281 g/mol. The first kappa shape index (κ1) is 15.4. The van der Waals surface area contributed by atoms with E-state index in [2.05, 4.69) is 25.7 Å². The van der Waals surface area contributed by atoms with Crippen LogP contribution >= 0.6 is 0 Å². The molecule has 0 heterocycles. The van der Waals surface area contributed by atoms with Gasteiger partial charge in [0.1, 0.15) is 5.75 Å². The molecular weight excluding hydrogens is 262 g/mol. The van der Waals surface area contributed by atoms with Crippen LogP contribution in [0.4, 0.5) is 5.69 Å². The Morgan fingerprint density at radius 1 is 1.32 bits per heavy atom. The van der Waals surface area contributed by atoms with Crippen molar-refractivity contribution in [1.29, 1.82) is 0 Å². The first-order valence-electron chi connectivity index (χ1n) is 6.05. The number of hydrogen-bond acceptors (Lipinski definition) is 3. The minimum Gasteiger partial charge on any atom is -0.325 e. The van der Waals surface area contributed by atoms with Crippen molar-refractivity contribution in [3.63, 3.8) is 0 Å². The van der Waals surface area contributed by atoms with Gasteiger partial charge in [0, 0.05) is 5.69 Å². The molecule has 0 aliphatic carbocycles. The molecule has 5 heteroatoms. The zero-order chi connectivity index (χ0) is 14.5. The number of anilines is 1. The first-order chi connectivity index (χ1) is 8.84. The van der Waals surface area contributed by atoms with Gasteiger partial charge >= 0.3 is 0 Å². The van der Waals surface area contributed by atoms with Gasteiger partial charge in [-0.2, -0.15) is 0 Å². The Bertz CT molecular complexity index is 545. The summed E-state index contributed by atoms with van der Waals surface area (Å²) in [7, 11) is -3.40. The van der Waals surface area contributed by atoms with Gasteiger partial charge in [-0.1, -0.05) is 32.1 Å². The number of carbonyl (C=O) groups excluding carboxylic acids is 1. The van der Waals surface area contributed by atoms with Crippen molar-refractivity contribution in [2.45, 2.75) is 19.8 Å². The lowest BCUT2D eigenvalue weighted by Gasteiger charge is -2.08. The molecule has 0 unspecified atom stereocenters. The van der Waals surface area contributed by atoms with E-state index >= 15 is 0 Å². The standard InChI is InChI=1S/C14H19NO3S/c1-4-9-19(17,18)10-14(16)15-13-7-5-12(6-8-13)11(2)3/h4-8,11H,1,9-10H2,2-3H3,(H,15,16). The maximum absolute atomic E-state index is 11.6. The molecule has 1 aromatic carbocycles. The Balaban J connectivity index is 2.65. The zero-order valence-electron chi connectivity index (χ0n) is 11.2. The van der Waals surface area contributed by atoms with E-state index in [0.717, 1.165) is 5.56 Å². The van der Waals surface area contributed by atoms with Crippen LogP contribution in [0.2, 0.25) is 0 Å². The van der Waals surface area contributed by atoms with Crippen LogP contribution in [-0.4, -0.2) is 25.8 Å². The Morgan fingerprint density at radius 3 is 2.37 bits per heavy atom. The van der Waals surface area contributed by atoms with Crippen molar-refractivity contribution in [1.82, 2.24) is 0 Å². The summed E-state index contributed by atoms with van der Waals surface area (Å²) in [6, 6.07) is 7.37. The number of benzene rings is 1. The number of sulfone groups is 1. The molecule has 0 aliphatic heterocycles. The van der Waals surface area contributed by atoms with Gasteiger partial charge in [-0.3, -0.25) is 4.79 Å². The average molecular weight is 281 g/mol. The molecule has 0 radical (unpaired) electrons. The van der Waals surface area contributed by atoms with E-state index in [4.69, 9.17) is 0 Å². The van der Waals surface area contributed by atoms with Crippen molar-refractivity contribution >= 4 is 21.4 Å². The van der Waals surface area contributed by atoms with Crippen LogP contribution in [-0.2, 0) is 14.6 Å². The lowest BCUT2D eigenvalue weighted by molar-refractivity contribution is -0.113. The highest BCUT2D eigenvalue weighted by molar-refractivity contribution is 7.92. The highest BCUT2D eigenvalue weighted by Crippen LogP contribution is 2.17. The molecule has 1 N–H and O–H groups in total. The molecule has 0 atom stereocenters. The summed E-state index contributed by atoms with van der Waals surface area (Å²) in [5.41, 5.74) is 1.76. The normalized spacial score (nSPS) is 11.3. The molecule has 1 amide bonds. The number of rotatable bonds is 6. The van der Waals surface area contributed by atoms with E-state index in [0.29, 0.717) is 11.6 Å². The highest BCUT2D eigenvalue weighted by Gasteiger charge is 2.15. The molecule has 104 valence electrons. The third-order valence-corrected chi connectivity index (χ3v) is 4.03. The average Bonchev–Trinajstić information content (AvgIpc) is 2.28. The maximum Gasteiger partial charge on any atom is 0.239 e. The molecule has 4 nitrogen and oxygen atoms in total. The van der Waals surface area contributed by atoms with Crippen LogP contribution in [0.15, 0.2) is 36.9 Å². The van der Waals surface area contributed by atoms with Gasteiger partial charge in [0.15, 0.2) is 9.84 Å². The van der Waals surface area contributed by atoms with E-state index in [1.807, 2.05) is 12.1 Å². The third-order valence-electron chi connectivity index (χ3n) is 2.58. The van der Waals surface area contributed by atoms with Crippen LogP contribution in [0.5, 0.6) is 0 Å². The zero-order valence-corrected chi connectivity index (χ0v) is 12.0. The molecule has 0 fully saturated rings. The van der Waals surface area contributed by atoms with Gasteiger partial charge in [-0.05, 0) is 23.6 Å². The largest absolute Gasteiger partial charge is 0.325 e. The fourth-order valence-electron chi connectivity index (χ4n) is 1.59. The molecule has 0 saturated carbocycles. The van der Waals surface area contributed by atoms with Crippen molar-refractivity contribution in [2.75, 3.05) is 16.8 Å². The summed E-state index contributed by atoms with van der Waals surface area (Å²) < 4.78 is 22.9. The molecule has 0 saturated heterocycles. The molecule has 0 bridgehead atoms. The minimum atomic E-state index is -3.40. The minimum absolute atomic E-state index is 0.188. The van der Waals surface area contributed by atoms with E-state index in [-0.39, 0.29) is 5.75 Å². The Morgan fingerprint density at radius 2 is 1.89 bits per heavy atom. The van der Waals surface area contributed by atoms with Gasteiger partial charge in [0.2, 0.25) is 5.91 Å². The quantitative estimate of drug-likeness (QED) is 0.814. The first-order valence-corrected chi connectivity index (χ1v) is 7.87. The lowest BCUT2D eigenvalue weighted by Crippen LogP contribution is -2.24. The predicted octanol–water partition coefficient (Wildman–Crippen LogP) is 2.35. The number of hydrogen-bond donors (Lipinski definition) is 1. The fourth-order valence-corrected chi connectivity index (χ4v) is 2.54. The van der Waals surface area contributed by atoms with Gasteiger partial charge in [0.05, 0.1) is 5.75 Å². The van der Waals surface area contributed by atoms with Gasteiger partial charge in [-0.25, -0.2) is 8.42 Å². The molecule has 1 rings (SSSR count). The van der Waals surface area contributed by atoms with E-state index in [9.17, 15) is 13.2 Å². The van der Waals surface area contributed by atoms with Crippen LogP contribution in [0, 0.1) is 0 Å². The van der Waals surface area contributed by atoms with Crippen molar-refractivity contribution in [2.24, 2.45) is 0 Å². The Labute approximate surface area is 114 Å². The van der Waals surface area contributed by atoms with Crippen molar-refractivity contribution in [3.05, 3.63) is 42.5 Å². The van der Waals surface area contributed by atoms with Gasteiger partial charge < -0.3 is 5.32 Å². The molecule has 0 spiro atoms. The summed E-state index contributed by atoms with van der Waals surface area (Å²) >= 11 is 0. The maximum atomic E-state index is 11.6. The summed E-state index contributed by atoms with van der Waals surface area (Å²) in [6.07, 6.45) is 1.28. The van der Waals surface area contributed by atoms with Crippen LogP contribution in [0.1, 0.15) is 25.3 Å². The number of carbonyl (C=O) groups is 1. The van der Waals surface area contributed by atoms with Crippen LogP contribution < -0.4 is 5.32 Å². The molecule has 0 aliphatic rings. The molecular formula is C14H19NO3S. The lowest BCUT2D eigenvalue weighted by atomic mass is 10.0. The SMILES string of the molecule is C=CCS(=O)(=O)CC(=O)Nc1ccc(C(C)C)cc1.